The molecule has 7 heteroatoms. The molecule has 7 nitrogen and oxygen atoms in total. The highest BCUT2D eigenvalue weighted by molar-refractivity contribution is 5.76. The summed E-state index contributed by atoms with van der Waals surface area (Å²) in [5.41, 5.74) is 0.937. The highest BCUT2D eigenvalue weighted by Gasteiger charge is 2.19. The lowest BCUT2D eigenvalue weighted by atomic mass is 10.1. The van der Waals surface area contributed by atoms with E-state index in [4.69, 9.17) is 9.47 Å². The number of amides is 1. The number of hydrogen-bond acceptors (Lipinski definition) is 5. The molecule has 0 atom stereocenters. The van der Waals surface area contributed by atoms with Crippen molar-refractivity contribution < 1.29 is 14.3 Å². The summed E-state index contributed by atoms with van der Waals surface area (Å²) >= 11 is 0. The Bertz CT molecular complexity index is 825. The molecule has 0 unspecified atom stereocenters. The Morgan fingerprint density at radius 2 is 1.88 bits per heavy atom. The van der Waals surface area contributed by atoms with E-state index < -0.39 is 0 Å². The molecule has 1 saturated heterocycles. The highest BCUT2D eigenvalue weighted by atomic mass is 16.5. The van der Waals surface area contributed by atoms with Crippen LogP contribution < -0.4 is 15.0 Å². The minimum Gasteiger partial charge on any atom is -0.497 e. The van der Waals surface area contributed by atoms with Crippen molar-refractivity contribution in [3.8, 4) is 22.8 Å². The van der Waals surface area contributed by atoms with E-state index in [2.05, 4.69) is 5.10 Å². The molecule has 1 aliphatic rings. The Morgan fingerprint density at radius 3 is 2.56 bits per heavy atom. The molecule has 1 aromatic carbocycles. The topological polar surface area (TPSA) is 73.7 Å². The van der Waals surface area contributed by atoms with E-state index in [1.54, 1.807) is 43.4 Å². The summed E-state index contributed by atoms with van der Waals surface area (Å²) in [5.74, 6) is 1.19. The molecule has 0 bridgehead atoms. The first-order chi connectivity index (χ1) is 12.1. The van der Waals surface area contributed by atoms with Crippen molar-refractivity contribution in [2.75, 3.05) is 27.3 Å². The molecular weight excluding hydrogens is 322 g/mol. The van der Waals surface area contributed by atoms with Gasteiger partial charge >= 0.3 is 0 Å². The van der Waals surface area contributed by atoms with Crippen LogP contribution in [-0.4, -0.2) is 47.9 Å². The fraction of sp³-hybridized carbons (Fsp3) is 0.389. The summed E-state index contributed by atoms with van der Waals surface area (Å²) in [5, 5.41) is 4.36. The van der Waals surface area contributed by atoms with E-state index >= 15 is 0 Å². The van der Waals surface area contributed by atoms with Gasteiger partial charge < -0.3 is 14.4 Å². The summed E-state index contributed by atoms with van der Waals surface area (Å²) < 4.78 is 11.8. The standard InChI is InChI=1S/C18H21N3O4/c1-24-13-5-7-16(25-2)14(11-13)15-6-8-17(22)21(19-15)12-18(23)20-9-3-4-10-20/h5-8,11H,3-4,9-10,12H2,1-2H3. The molecule has 3 rings (SSSR count). The SMILES string of the molecule is COc1ccc(OC)c(-c2ccc(=O)n(CC(=O)N3CCCC3)n2)c1. The summed E-state index contributed by atoms with van der Waals surface area (Å²) in [6.07, 6.45) is 2.02. The minimum atomic E-state index is -0.307. The third-order valence-electron chi connectivity index (χ3n) is 4.29. The molecule has 1 fully saturated rings. The normalized spacial score (nSPS) is 13.8. The van der Waals surface area contributed by atoms with Crippen LogP contribution in [0, 0.1) is 0 Å². The monoisotopic (exact) mass is 343 g/mol. The Kier molecular flexibility index (Phi) is 5.02. The second kappa shape index (κ2) is 7.38. The van der Waals surface area contributed by atoms with Crippen LogP contribution >= 0.6 is 0 Å². The van der Waals surface area contributed by atoms with Crippen LogP contribution in [0.25, 0.3) is 11.3 Å². The molecule has 0 spiro atoms. The van der Waals surface area contributed by atoms with Gasteiger partial charge in [0.15, 0.2) is 0 Å². The first-order valence-corrected chi connectivity index (χ1v) is 8.20. The summed E-state index contributed by atoms with van der Waals surface area (Å²) in [4.78, 5) is 26.2. The maximum Gasteiger partial charge on any atom is 0.267 e. The van der Waals surface area contributed by atoms with Gasteiger partial charge in [-0.2, -0.15) is 5.10 Å². The molecule has 0 aliphatic carbocycles. The van der Waals surface area contributed by atoms with Gasteiger partial charge in [-0.05, 0) is 37.1 Å². The quantitative estimate of drug-likeness (QED) is 0.823. The number of hydrogen-bond donors (Lipinski definition) is 0. The van der Waals surface area contributed by atoms with E-state index in [-0.39, 0.29) is 18.0 Å². The van der Waals surface area contributed by atoms with Crippen LogP contribution in [0.3, 0.4) is 0 Å². The van der Waals surface area contributed by atoms with Crippen molar-refractivity contribution in [3.05, 3.63) is 40.7 Å². The van der Waals surface area contributed by atoms with E-state index in [9.17, 15) is 9.59 Å². The Balaban J connectivity index is 1.94. The first kappa shape index (κ1) is 17.0. The average Bonchev–Trinajstić information content (AvgIpc) is 3.18. The van der Waals surface area contributed by atoms with Gasteiger partial charge in [0.2, 0.25) is 5.91 Å². The maximum atomic E-state index is 12.3. The molecule has 1 amide bonds. The number of methoxy groups -OCH3 is 2. The van der Waals surface area contributed by atoms with Crippen molar-refractivity contribution in [2.45, 2.75) is 19.4 Å². The zero-order chi connectivity index (χ0) is 17.8. The third kappa shape index (κ3) is 3.65. The largest absolute Gasteiger partial charge is 0.497 e. The van der Waals surface area contributed by atoms with Gasteiger partial charge in [0.05, 0.1) is 19.9 Å². The van der Waals surface area contributed by atoms with Crippen molar-refractivity contribution in [2.24, 2.45) is 0 Å². The number of carbonyl (C=O) groups excluding carboxylic acids is 1. The number of benzene rings is 1. The Morgan fingerprint density at radius 1 is 1.12 bits per heavy atom. The van der Waals surface area contributed by atoms with Gasteiger partial charge in [-0.3, -0.25) is 9.59 Å². The second-order valence-electron chi connectivity index (χ2n) is 5.87. The molecule has 0 N–H and O–H groups in total. The Hall–Kier alpha value is -2.83. The van der Waals surface area contributed by atoms with Crippen molar-refractivity contribution in [1.29, 1.82) is 0 Å². The van der Waals surface area contributed by atoms with E-state index in [0.717, 1.165) is 25.9 Å². The van der Waals surface area contributed by atoms with Crippen LogP contribution in [0.1, 0.15) is 12.8 Å². The smallest absolute Gasteiger partial charge is 0.267 e. The van der Waals surface area contributed by atoms with E-state index in [1.807, 2.05) is 0 Å². The summed E-state index contributed by atoms with van der Waals surface area (Å²) in [6, 6.07) is 8.39. The number of likely N-dealkylation sites (tertiary alicyclic amines) is 1. The van der Waals surface area contributed by atoms with Gasteiger partial charge in [0.1, 0.15) is 18.0 Å². The number of rotatable bonds is 5. The molecule has 1 aromatic heterocycles. The average molecular weight is 343 g/mol. The number of carbonyl (C=O) groups is 1. The maximum absolute atomic E-state index is 12.3. The van der Waals surface area contributed by atoms with Gasteiger partial charge in [-0.1, -0.05) is 0 Å². The molecule has 0 saturated carbocycles. The van der Waals surface area contributed by atoms with Crippen molar-refractivity contribution in [1.82, 2.24) is 14.7 Å². The van der Waals surface area contributed by atoms with Crippen LogP contribution in [0.4, 0.5) is 0 Å². The highest BCUT2D eigenvalue weighted by Crippen LogP contribution is 2.31. The molecule has 25 heavy (non-hydrogen) atoms. The lowest BCUT2D eigenvalue weighted by Gasteiger charge is -2.16. The zero-order valence-electron chi connectivity index (χ0n) is 14.4. The fourth-order valence-corrected chi connectivity index (χ4v) is 2.91. The second-order valence-corrected chi connectivity index (χ2v) is 5.87. The molecule has 2 heterocycles. The fourth-order valence-electron chi connectivity index (χ4n) is 2.91. The summed E-state index contributed by atoms with van der Waals surface area (Å²) in [6.45, 7) is 1.44. The molecular formula is C18H21N3O4. The Labute approximate surface area is 145 Å². The predicted octanol–water partition coefficient (Wildman–Crippen LogP) is 1.55. The number of nitrogens with zero attached hydrogens (tertiary/aromatic N) is 3. The number of aromatic nitrogens is 2. The van der Waals surface area contributed by atoms with Gasteiger partial charge in [0, 0.05) is 24.7 Å². The number of ether oxygens (including phenoxy) is 2. The summed E-state index contributed by atoms with van der Waals surface area (Å²) in [7, 11) is 3.15. The predicted molar refractivity (Wildman–Crippen MR) is 92.9 cm³/mol. The first-order valence-electron chi connectivity index (χ1n) is 8.20. The lowest BCUT2D eigenvalue weighted by molar-refractivity contribution is -0.131. The van der Waals surface area contributed by atoms with E-state index in [0.29, 0.717) is 22.8 Å². The van der Waals surface area contributed by atoms with Crippen LogP contribution in [0.15, 0.2) is 35.1 Å². The molecule has 2 aromatic rings. The molecule has 0 radical (unpaired) electrons. The van der Waals surface area contributed by atoms with Gasteiger partial charge in [-0.25, -0.2) is 4.68 Å². The lowest BCUT2D eigenvalue weighted by Crippen LogP contribution is -2.35. The molecule has 132 valence electrons. The van der Waals surface area contributed by atoms with Crippen molar-refractivity contribution >= 4 is 5.91 Å². The van der Waals surface area contributed by atoms with Crippen LogP contribution in [0.2, 0.25) is 0 Å². The zero-order valence-corrected chi connectivity index (χ0v) is 14.4. The van der Waals surface area contributed by atoms with E-state index in [1.165, 1.54) is 10.7 Å². The van der Waals surface area contributed by atoms with Crippen LogP contribution in [-0.2, 0) is 11.3 Å². The van der Waals surface area contributed by atoms with Gasteiger partial charge in [-0.15, -0.1) is 0 Å². The minimum absolute atomic E-state index is 0.0566. The van der Waals surface area contributed by atoms with Crippen LogP contribution in [0.5, 0.6) is 11.5 Å². The van der Waals surface area contributed by atoms with Crippen molar-refractivity contribution in [3.63, 3.8) is 0 Å². The van der Waals surface area contributed by atoms with Gasteiger partial charge in [0.25, 0.3) is 5.56 Å². The molecule has 1 aliphatic heterocycles. The third-order valence-corrected chi connectivity index (χ3v) is 4.29.